The first kappa shape index (κ1) is 27.8. The van der Waals surface area contributed by atoms with Crippen LogP contribution in [-0.4, -0.2) is 57.4 Å². The van der Waals surface area contributed by atoms with E-state index in [2.05, 4.69) is 9.62 Å². The molecule has 0 aromatic heterocycles. The van der Waals surface area contributed by atoms with Crippen LogP contribution in [0, 0.1) is 0 Å². The lowest BCUT2D eigenvalue weighted by Crippen LogP contribution is -2.42. The Kier molecular flexibility index (Phi) is 8.96. The molecule has 2 aliphatic heterocycles. The minimum Gasteiger partial charge on any atom is -0.392 e. The first-order valence-electron chi connectivity index (χ1n) is 13.4. The molecule has 4 unspecified atom stereocenters. The molecule has 3 aromatic rings. The van der Waals surface area contributed by atoms with Gasteiger partial charge in [0, 0.05) is 37.4 Å². The molecule has 9 heteroatoms. The first-order valence-corrected chi connectivity index (χ1v) is 14.8. The predicted octanol–water partition coefficient (Wildman–Crippen LogP) is 4.64. The monoisotopic (exact) mass is 552 g/mol. The number of anilines is 1. The molecule has 5 rings (SSSR count). The van der Waals surface area contributed by atoms with Gasteiger partial charge in [-0.15, -0.1) is 0 Å². The standard InChI is InChI=1S/C30H36N2O6S/c1-36-21-26-6-5-17-32(26)19-27-18-29(23-11-9-22(20-33)10-12-23)38-30(37-27)24-13-15-25(16-14-24)31-39(34,35)28-7-3-2-4-8-28/h2-4,7-16,26-27,29-31,33H,5-6,17-21H2,1H3. The van der Waals surface area contributed by atoms with Crippen molar-refractivity contribution < 1.29 is 27.7 Å². The van der Waals surface area contributed by atoms with Crippen LogP contribution >= 0.6 is 0 Å². The van der Waals surface area contributed by atoms with Crippen molar-refractivity contribution in [2.75, 3.05) is 31.5 Å². The molecule has 0 radical (unpaired) electrons. The molecule has 0 spiro atoms. The summed E-state index contributed by atoms with van der Waals surface area (Å²) in [4.78, 5) is 2.66. The van der Waals surface area contributed by atoms with Crippen LogP contribution in [0.25, 0.3) is 0 Å². The van der Waals surface area contributed by atoms with Crippen LogP contribution in [0.1, 0.15) is 48.3 Å². The summed E-state index contributed by atoms with van der Waals surface area (Å²) >= 11 is 0. The molecule has 208 valence electrons. The normalized spacial score (nSPS) is 24.1. The Bertz CT molecular complexity index is 1300. The minimum atomic E-state index is -3.68. The third kappa shape index (κ3) is 6.87. The second-order valence-corrected chi connectivity index (χ2v) is 11.8. The third-order valence-corrected chi connectivity index (χ3v) is 8.80. The number of aliphatic hydroxyl groups is 1. The van der Waals surface area contributed by atoms with Crippen LogP contribution in [0.3, 0.4) is 0 Å². The van der Waals surface area contributed by atoms with Crippen LogP contribution in [0.2, 0.25) is 0 Å². The zero-order chi connectivity index (χ0) is 27.2. The van der Waals surface area contributed by atoms with E-state index in [0.717, 1.165) is 42.6 Å². The quantitative estimate of drug-likeness (QED) is 0.378. The van der Waals surface area contributed by atoms with E-state index in [9.17, 15) is 13.5 Å². The Morgan fingerprint density at radius 2 is 1.69 bits per heavy atom. The maximum atomic E-state index is 12.7. The van der Waals surface area contributed by atoms with Crippen LogP contribution in [0.5, 0.6) is 0 Å². The maximum Gasteiger partial charge on any atom is 0.261 e. The average molecular weight is 553 g/mol. The SMILES string of the molecule is COCC1CCCN1CC1CC(c2ccc(CO)cc2)OC(c2ccc(NS(=O)(=O)c3ccccc3)cc2)O1. The summed E-state index contributed by atoms with van der Waals surface area (Å²) in [6.07, 6.45) is 2.14. The summed E-state index contributed by atoms with van der Waals surface area (Å²) < 4.78 is 46.5. The van der Waals surface area contributed by atoms with Crippen molar-refractivity contribution in [3.63, 3.8) is 0 Å². The summed E-state index contributed by atoms with van der Waals surface area (Å²) in [5, 5.41) is 9.45. The topological polar surface area (TPSA) is 97.3 Å². The van der Waals surface area contributed by atoms with Crippen LogP contribution in [0.15, 0.2) is 83.8 Å². The van der Waals surface area contributed by atoms with Crippen molar-refractivity contribution in [1.82, 2.24) is 4.90 Å². The molecule has 0 bridgehead atoms. The molecule has 2 fully saturated rings. The van der Waals surface area contributed by atoms with E-state index in [0.29, 0.717) is 24.8 Å². The Balaban J connectivity index is 1.33. The summed E-state index contributed by atoms with van der Waals surface area (Å²) in [6.45, 7) is 2.51. The summed E-state index contributed by atoms with van der Waals surface area (Å²) in [7, 11) is -1.94. The van der Waals surface area contributed by atoms with Crippen molar-refractivity contribution in [2.24, 2.45) is 0 Å². The molecule has 3 aromatic carbocycles. The molecule has 0 aliphatic carbocycles. The second-order valence-electron chi connectivity index (χ2n) is 10.1. The molecule has 2 saturated heterocycles. The number of nitrogens with one attached hydrogen (secondary N) is 1. The van der Waals surface area contributed by atoms with Gasteiger partial charge < -0.3 is 19.3 Å². The Hall–Kier alpha value is -2.79. The van der Waals surface area contributed by atoms with E-state index in [1.807, 2.05) is 36.4 Å². The fourth-order valence-corrected chi connectivity index (χ4v) is 6.41. The van der Waals surface area contributed by atoms with E-state index >= 15 is 0 Å². The lowest BCUT2D eigenvalue weighted by molar-refractivity contribution is -0.253. The van der Waals surface area contributed by atoms with Gasteiger partial charge in [-0.25, -0.2) is 8.42 Å². The lowest BCUT2D eigenvalue weighted by Gasteiger charge is -2.38. The van der Waals surface area contributed by atoms with E-state index in [-0.39, 0.29) is 23.7 Å². The van der Waals surface area contributed by atoms with E-state index in [1.165, 1.54) is 0 Å². The zero-order valence-electron chi connectivity index (χ0n) is 22.1. The summed E-state index contributed by atoms with van der Waals surface area (Å²) in [6, 6.07) is 23.6. The molecule has 4 atom stereocenters. The van der Waals surface area contributed by atoms with Gasteiger partial charge in [0.2, 0.25) is 0 Å². The van der Waals surface area contributed by atoms with Crippen molar-refractivity contribution in [3.05, 3.63) is 95.6 Å². The Labute approximate surface area is 230 Å². The van der Waals surface area contributed by atoms with Crippen LogP contribution in [0.4, 0.5) is 5.69 Å². The molecule has 0 amide bonds. The van der Waals surface area contributed by atoms with Gasteiger partial charge in [-0.3, -0.25) is 9.62 Å². The molecular formula is C30H36N2O6S. The fraction of sp³-hybridized carbons (Fsp3) is 0.400. The Morgan fingerprint density at radius 3 is 2.38 bits per heavy atom. The molecule has 8 nitrogen and oxygen atoms in total. The largest absolute Gasteiger partial charge is 0.392 e. The highest BCUT2D eigenvalue weighted by atomic mass is 32.2. The predicted molar refractivity (Wildman–Crippen MR) is 149 cm³/mol. The van der Waals surface area contributed by atoms with Crippen molar-refractivity contribution in [1.29, 1.82) is 0 Å². The molecule has 2 heterocycles. The number of benzene rings is 3. The smallest absolute Gasteiger partial charge is 0.261 e. The van der Waals surface area contributed by atoms with Gasteiger partial charge in [-0.05, 0) is 54.8 Å². The number of methoxy groups -OCH3 is 1. The minimum absolute atomic E-state index is 0.00358. The first-order chi connectivity index (χ1) is 18.9. The number of rotatable bonds is 10. The lowest BCUT2D eigenvalue weighted by atomic mass is 9.99. The zero-order valence-corrected chi connectivity index (χ0v) is 22.9. The number of likely N-dealkylation sites (tertiary alicyclic amines) is 1. The van der Waals surface area contributed by atoms with Crippen LogP contribution in [-0.2, 0) is 30.8 Å². The van der Waals surface area contributed by atoms with Crippen molar-refractivity contribution in [2.45, 2.75) is 55.3 Å². The molecule has 2 N–H and O–H groups in total. The van der Waals surface area contributed by atoms with Crippen molar-refractivity contribution in [3.8, 4) is 0 Å². The van der Waals surface area contributed by atoms with E-state index in [1.54, 1.807) is 49.6 Å². The average Bonchev–Trinajstić information content (AvgIpc) is 3.40. The van der Waals surface area contributed by atoms with E-state index < -0.39 is 16.3 Å². The fourth-order valence-electron chi connectivity index (χ4n) is 5.33. The summed E-state index contributed by atoms with van der Waals surface area (Å²) in [5.41, 5.74) is 3.17. The maximum absolute atomic E-state index is 12.7. The Morgan fingerprint density at radius 1 is 0.974 bits per heavy atom. The number of nitrogens with zero attached hydrogens (tertiary/aromatic N) is 1. The van der Waals surface area contributed by atoms with Gasteiger partial charge in [-0.1, -0.05) is 54.6 Å². The number of ether oxygens (including phenoxy) is 3. The number of sulfonamides is 1. The van der Waals surface area contributed by atoms with Gasteiger partial charge in [0.1, 0.15) is 0 Å². The van der Waals surface area contributed by atoms with Gasteiger partial charge in [0.05, 0.1) is 30.3 Å². The van der Waals surface area contributed by atoms with Crippen molar-refractivity contribution >= 4 is 15.7 Å². The molecule has 2 aliphatic rings. The number of aliphatic hydroxyl groups excluding tert-OH is 1. The molecular weight excluding hydrogens is 516 g/mol. The van der Waals surface area contributed by atoms with E-state index in [4.69, 9.17) is 14.2 Å². The van der Waals surface area contributed by atoms with Gasteiger partial charge in [-0.2, -0.15) is 0 Å². The van der Waals surface area contributed by atoms with Crippen LogP contribution < -0.4 is 4.72 Å². The highest BCUT2D eigenvalue weighted by Gasteiger charge is 2.35. The number of hydrogen-bond acceptors (Lipinski definition) is 7. The summed E-state index contributed by atoms with van der Waals surface area (Å²) in [5.74, 6) is 0. The second kappa shape index (κ2) is 12.6. The highest BCUT2D eigenvalue weighted by molar-refractivity contribution is 7.92. The number of hydrogen-bond donors (Lipinski definition) is 2. The molecule has 0 saturated carbocycles. The third-order valence-electron chi connectivity index (χ3n) is 7.40. The van der Waals surface area contributed by atoms with Gasteiger partial charge in [0.15, 0.2) is 6.29 Å². The van der Waals surface area contributed by atoms with Gasteiger partial charge in [0.25, 0.3) is 10.0 Å². The van der Waals surface area contributed by atoms with Gasteiger partial charge >= 0.3 is 0 Å². The highest BCUT2D eigenvalue weighted by Crippen LogP contribution is 2.39. The molecule has 39 heavy (non-hydrogen) atoms.